The monoisotopic (exact) mass is 403 g/mol. The molecule has 0 fully saturated rings. The molecule has 6 nitrogen and oxygen atoms in total. The molecule has 150 valence electrons. The standard InChI is InChI=1S/C20H16F3N3O3/c1-28-26(17(27)12-9-14-5-3-2-4-6-14)13-15-7-10-16(11-8-15)18-24-19(29-25-18)20(21,22)23/h2-12H,13H2,1H3/b12-9+. The average molecular weight is 403 g/mol. The van der Waals surface area contributed by atoms with E-state index in [9.17, 15) is 18.0 Å². The molecule has 1 amide bonds. The Morgan fingerprint density at radius 2 is 1.83 bits per heavy atom. The molecule has 3 aromatic rings. The molecule has 0 spiro atoms. The smallest absolute Gasteiger partial charge is 0.329 e. The lowest BCUT2D eigenvalue weighted by atomic mass is 10.1. The van der Waals surface area contributed by atoms with Crippen LogP contribution in [0.3, 0.4) is 0 Å². The summed E-state index contributed by atoms with van der Waals surface area (Å²) in [6.07, 6.45) is -1.63. The summed E-state index contributed by atoms with van der Waals surface area (Å²) in [6.45, 7) is 0.148. The molecule has 9 heteroatoms. The van der Waals surface area contributed by atoms with Gasteiger partial charge >= 0.3 is 12.1 Å². The first-order valence-electron chi connectivity index (χ1n) is 8.46. The Hall–Kier alpha value is -3.46. The molecule has 0 N–H and O–H groups in total. The highest BCUT2D eigenvalue weighted by molar-refractivity contribution is 5.91. The third-order valence-corrected chi connectivity index (χ3v) is 3.89. The van der Waals surface area contributed by atoms with Crippen LogP contribution in [0.25, 0.3) is 17.5 Å². The molecule has 0 aliphatic carbocycles. The Kier molecular flexibility index (Phi) is 6.08. The molecule has 0 atom stereocenters. The summed E-state index contributed by atoms with van der Waals surface area (Å²) in [5.74, 6) is -1.93. The van der Waals surface area contributed by atoms with Crippen molar-refractivity contribution in [1.82, 2.24) is 15.2 Å². The van der Waals surface area contributed by atoms with Crippen molar-refractivity contribution in [1.29, 1.82) is 0 Å². The molecule has 1 heterocycles. The number of alkyl halides is 3. The zero-order chi connectivity index (χ0) is 20.9. The van der Waals surface area contributed by atoms with Crippen molar-refractivity contribution in [2.45, 2.75) is 12.7 Å². The van der Waals surface area contributed by atoms with Crippen LogP contribution in [-0.4, -0.2) is 28.2 Å². The number of hydrogen-bond acceptors (Lipinski definition) is 5. The third kappa shape index (κ3) is 5.29. The summed E-state index contributed by atoms with van der Waals surface area (Å²) in [4.78, 5) is 20.8. The molecule has 0 saturated heterocycles. The van der Waals surface area contributed by atoms with Crippen LogP contribution in [0.2, 0.25) is 0 Å². The van der Waals surface area contributed by atoms with E-state index in [0.29, 0.717) is 11.1 Å². The fraction of sp³-hybridized carbons (Fsp3) is 0.150. The summed E-state index contributed by atoms with van der Waals surface area (Å²) in [7, 11) is 1.38. The third-order valence-electron chi connectivity index (χ3n) is 3.89. The van der Waals surface area contributed by atoms with E-state index in [1.165, 1.54) is 13.2 Å². The number of rotatable bonds is 6. The maximum absolute atomic E-state index is 12.6. The molecule has 29 heavy (non-hydrogen) atoms. The number of amides is 1. The van der Waals surface area contributed by atoms with Crippen LogP contribution < -0.4 is 0 Å². The number of hydrogen-bond donors (Lipinski definition) is 0. The van der Waals surface area contributed by atoms with E-state index in [4.69, 9.17) is 4.84 Å². The SMILES string of the molecule is CON(Cc1ccc(-c2noc(C(F)(F)F)n2)cc1)C(=O)/C=C/c1ccccc1. The van der Waals surface area contributed by atoms with Crippen LogP contribution in [-0.2, 0) is 22.4 Å². The minimum atomic E-state index is -4.70. The van der Waals surface area contributed by atoms with Gasteiger partial charge in [0.2, 0.25) is 5.82 Å². The number of nitrogens with zero attached hydrogens (tertiary/aromatic N) is 3. The molecule has 0 unspecified atom stereocenters. The maximum Gasteiger partial charge on any atom is 0.471 e. The molecule has 0 bridgehead atoms. The zero-order valence-corrected chi connectivity index (χ0v) is 15.3. The van der Waals surface area contributed by atoms with Gasteiger partial charge in [-0.2, -0.15) is 18.2 Å². The number of hydroxylamine groups is 2. The van der Waals surface area contributed by atoms with Crippen molar-refractivity contribution in [3.8, 4) is 11.4 Å². The van der Waals surface area contributed by atoms with Crippen LogP contribution in [0.15, 0.2) is 65.2 Å². The van der Waals surface area contributed by atoms with Crippen LogP contribution in [0.4, 0.5) is 13.2 Å². The van der Waals surface area contributed by atoms with E-state index < -0.39 is 12.1 Å². The molecule has 0 aliphatic heterocycles. The van der Waals surface area contributed by atoms with E-state index >= 15 is 0 Å². The quantitative estimate of drug-likeness (QED) is 0.452. The molecule has 0 aliphatic rings. The van der Waals surface area contributed by atoms with Gasteiger partial charge in [-0.3, -0.25) is 9.63 Å². The van der Waals surface area contributed by atoms with Gasteiger partial charge in [-0.25, -0.2) is 5.06 Å². The summed E-state index contributed by atoms with van der Waals surface area (Å²) >= 11 is 0. The van der Waals surface area contributed by atoms with E-state index in [1.54, 1.807) is 30.3 Å². The van der Waals surface area contributed by atoms with Crippen molar-refractivity contribution in [3.63, 3.8) is 0 Å². The van der Waals surface area contributed by atoms with Gasteiger partial charge in [-0.15, -0.1) is 0 Å². The Labute approximate surface area is 164 Å². The molecule has 0 radical (unpaired) electrons. The molecule has 2 aromatic carbocycles. The van der Waals surface area contributed by atoms with E-state index in [2.05, 4.69) is 14.7 Å². The van der Waals surface area contributed by atoms with Gasteiger partial charge in [-0.05, 0) is 17.2 Å². The van der Waals surface area contributed by atoms with Gasteiger partial charge < -0.3 is 4.52 Å². The van der Waals surface area contributed by atoms with Crippen LogP contribution in [0, 0.1) is 0 Å². The highest BCUT2D eigenvalue weighted by Crippen LogP contribution is 2.29. The fourth-order valence-electron chi connectivity index (χ4n) is 2.43. The lowest BCUT2D eigenvalue weighted by Gasteiger charge is -2.18. The average Bonchev–Trinajstić information content (AvgIpc) is 3.22. The number of benzene rings is 2. The lowest BCUT2D eigenvalue weighted by Crippen LogP contribution is -2.27. The topological polar surface area (TPSA) is 68.5 Å². The Morgan fingerprint density at radius 1 is 1.14 bits per heavy atom. The second kappa shape index (κ2) is 8.70. The van der Waals surface area contributed by atoms with Gasteiger partial charge in [0.05, 0.1) is 13.7 Å². The molecule has 0 saturated carbocycles. The minimum absolute atomic E-state index is 0.148. The summed E-state index contributed by atoms with van der Waals surface area (Å²) in [6, 6.07) is 15.7. The second-order valence-electron chi connectivity index (χ2n) is 5.92. The highest BCUT2D eigenvalue weighted by Gasteiger charge is 2.38. The maximum atomic E-state index is 12.6. The number of carbonyl (C=O) groups excluding carboxylic acids is 1. The Balaban J connectivity index is 1.66. The van der Waals surface area contributed by atoms with Crippen molar-refractivity contribution in [3.05, 3.63) is 77.7 Å². The first-order valence-corrected chi connectivity index (χ1v) is 8.46. The summed E-state index contributed by atoms with van der Waals surface area (Å²) in [5.41, 5.74) is 1.93. The van der Waals surface area contributed by atoms with Gasteiger partial charge in [0.25, 0.3) is 5.91 Å². The zero-order valence-electron chi connectivity index (χ0n) is 15.3. The van der Waals surface area contributed by atoms with E-state index in [-0.39, 0.29) is 18.3 Å². The molecular weight excluding hydrogens is 387 g/mol. The largest absolute Gasteiger partial charge is 0.471 e. The van der Waals surface area contributed by atoms with Gasteiger partial charge in [0, 0.05) is 11.6 Å². The Bertz CT molecular complexity index is 983. The summed E-state index contributed by atoms with van der Waals surface area (Å²) < 4.78 is 41.9. The number of carbonyl (C=O) groups is 1. The number of aromatic nitrogens is 2. The van der Waals surface area contributed by atoms with Crippen LogP contribution >= 0.6 is 0 Å². The van der Waals surface area contributed by atoms with E-state index in [1.807, 2.05) is 30.3 Å². The van der Waals surface area contributed by atoms with Crippen molar-refractivity contribution in [2.24, 2.45) is 0 Å². The number of halogens is 3. The van der Waals surface area contributed by atoms with Crippen molar-refractivity contribution >= 4 is 12.0 Å². The summed E-state index contributed by atoms with van der Waals surface area (Å²) in [5, 5.41) is 4.49. The minimum Gasteiger partial charge on any atom is -0.329 e. The second-order valence-corrected chi connectivity index (χ2v) is 5.92. The van der Waals surface area contributed by atoms with Gasteiger partial charge in [0.15, 0.2) is 0 Å². The van der Waals surface area contributed by atoms with Gasteiger partial charge in [0.1, 0.15) is 0 Å². The normalized spacial score (nSPS) is 11.7. The first-order chi connectivity index (χ1) is 13.9. The van der Waals surface area contributed by atoms with Crippen LogP contribution in [0.5, 0.6) is 0 Å². The predicted octanol–water partition coefficient (Wildman–Crippen LogP) is 4.36. The van der Waals surface area contributed by atoms with Crippen molar-refractivity contribution in [2.75, 3.05) is 7.11 Å². The predicted molar refractivity (Wildman–Crippen MR) is 97.8 cm³/mol. The van der Waals surface area contributed by atoms with Crippen LogP contribution in [0.1, 0.15) is 17.0 Å². The Morgan fingerprint density at radius 3 is 2.41 bits per heavy atom. The van der Waals surface area contributed by atoms with E-state index in [0.717, 1.165) is 10.6 Å². The molecular formula is C20H16F3N3O3. The van der Waals surface area contributed by atoms with Crippen molar-refractivity contribution < 1.29 is 27.3 Å². The lowest BCUT2D eigenvalue weighted by molar-refractivity contribution is -0.173. The van der Waals surface area contributed by atoms with Gasteiger partial charge in [-0.1, -0.05) is 59.8 Å². The molecule has 1 aromatic heterocycles. The fourth-order valence-corrected chi connectivity index (χ4v) is 2.43. The first kappa shape index (κ1) is 20.3. The molecule has 3 rings (SSSR count). The highest BCUT2D eigenvalue weighted by atomic mass is 19.4.